The first-order valence-electron chi connectivity index (χ1n) is 14.6. The van der Waals surface area contributed by atoms with E-state index in [4.69, 9.17) is 9.73 Å². The Kier molecular flexibility index (Phi) is 15.2. The van der Waals surface area contributed by atoms with Gasteiger partial charge in [0.05, 0.1) is 24.2 Å². The SMILES string of the molecule is C#C.C/C=C\C=C(C)C.CCNc1ccc(C(C)=O)cc1N=C1S/C(=C2\SC(C)=C(c3ccccc3)N2CC(=O)OC)C(=O)N1C. The Balaban J connectivity index is 0.000000724. The van der Waals surface area contributed by atoms with E-state index in [0.29, 0.717) is 32.9 Å². The van der Waals surface area contributed by atoms with Crippen molar-refractivity contribution in [2.24, 2.45) is 4.99 Å². The van der Waals surface area contributed by atoms with Crippen molar-refractivity contribution in [2.75, 3.05) is 32.6 Å². The molecule has 2 aliphatic rings. The van der Waals surface area contributed by atoms with Crippen LogP contribution < -0.4 is 5.32 Å². The summed E-state index contributed by atoms with van der Waals surface area (Å²) >= 11 is 2.70. The zero-order chi connectivity index (χ0) is 34.4. The number of ether oxygens (including phenoxy) is 1. The Morgan fingerprint density at radius 1 is 1.07 bits per heavy atom. The largest absolute Gasteiger partial charge is 0.468 e. The van der Waals surface area contributed by atoms with Crippen molar-refractivity contribution in [2.45, 2.75) is 41.5 Å². The fourth-order valence-electron chi connectivity index (χ4n) is 4.26. The molecule has 0 radical (unpaired) electrons. The molecule has 10 heteroatoms. The monoisotopic (exact) mass is 658 g/mol. The number of Topliss-reactive ketones (excluding diaryl/α,β-unsaturated/α-hetero) is 1. The van der Waals surface area contributed by atoms with Crippen LogP contribution in [0.2, 0.25) is 0 Å². The lowest BCUT2D eigenvalue weighted by atomic mass is 10.1. The molecular weight excluding hydrogens is 617 g/mol. The van der Waals surface area contributed by atoms with Crippen LogP contribution in [-0.4, -0.2) is 59.9 Å². The molecule has 0 saturated carbocycles. The second-order valence-corrected chi connectivity index (χ2v) is 12.3. The molecule has 0 spiro atoms. The van der Waals surface area contributed by atoms with Crippen molar-refractivity contribution in [1.82, 2.24) is 9.80 Å². The van der Waals surface area contributed by atoms with Gasteiger partial charge >= 0.3 is 5.97 Å². The molecule has 0 aromatic heterocycles. The summed E-state index contributed by atoms with van der Waals surface area (Å²) in [5.74, 6) is -0.682. The van der Waals surface area contributed by atoms with E-state index in [1.54, 1.807) is 19.2 Å². The molecule has 2 aromatic carbocycles. The van der Waals surface area contributed by atoms with Crippen LogP contribution >= 0.6 is 23.5 Å². The van der Waals surface area contributed by atoms with Gasteiger partial charge in [-0.05, 0) is 77.1 Å². The third kappa shape index (κ3) is 9.77. The number of aliphatic imine (C=N–C) groups is 1. The van der Waals surface area contributed by atoms with Gasteiger partial charge in [-0.3, -0.25) is 19.3 Å². The maximum Gasteiger partial charge on any atom is 0.325 e. The fraction of sp³-hybridized carbons (Fsp3) is 0.278. The fourth-order valence-corrected chi connectivity index (χ4v) is 6.54. The number of amides is 1. The highest BCUT2D eigenvalue weighted by molar-refractivity contribution is 8.19. The zero-order valence-corrected chi connectivity index (χ0v) is 29.3. The lowest BCUT2D eigenvalue weighted by Crippen LogP contribution is -2.28. The van der Waals surface area contributed by atoms with Crippen LogP contribution in [-0.2, 0) is 14.3 Å². The third-order valence-electron chi connectivity index (χ3n) is 6.44. The maximum atomic E-state index is 13.5. The minimum atomic E-state index is -0.407. The van der Waals surface area contributed by atoms with Crippen LogP contribution in [0.4, 0.5) is 11.4 Å². The lowest BCUT2D eigenvalue weighted by molar-refractivity contribution is -0.140. The molecule has 1 amide bonds. The number of hydrogen-bond acceptors (Lipinski definition) is 9. The highest BCUT2D eigenvalue weighted by Gasteiger charge is 2.39. The van der Waals surface area contributed by atoms with Gasteiger partial charge in [-0.25, -0.2) is 4.99 Å². The van der Waals surface area contributed by atoms with E-state index >= 15 is 0 Å². The maximum absolute atomic E-state index is 13.5. The summed E-state index contributed by atoms with van der Waals surface area (Å²) in [5, 5.41) is 4.41. The summed E-state index contributed by atoms with van der Waals surface area (Å²) in [6, 6.07) is 15.1. The Morgan fingerprint density at radius 2 is 1.74 bits per heavy atom. The summed E-state index contributed by atoms with van der Waals surface area (Å²) in [7, 11) is 3.02. The minimum Gasteiger partial charge on any atom is -0.468 e. The molecule has 2 heterocycles. The zero-order valence-electron chi connectivity index (χ0n) is 27.7. The van der Waals surface area contributed by atoms with Crippen LogP contribution in [0.15, 0.2) is 92.2 Å². The van der Waals surface area contributed by atoms with Gasteiger partial charge in [0.2, 0.25) is 0 Å². The summed E-state index contributed by atoms with van der Waals surface area (Å²) in [4.78, 5) is 47.4. The van der Waals surface area contributed by atoms with E-state index in [1.165, 1.54) is 48.0 Å². The molecule has 4 rings (SSSR count). The van der Waals surface area contributed by atoms with Crippen LogP contribution in [0.1, 0.15) is 57.5 Å². The number of likely N-dealkylation sites (N-methyl/N-ethyl adjacent to an activating group) is 1. The quantitative estimate of drug-likeness (QED) is 0.100. The summed E-state index contributed by atoms with van der Waals surface area (Å²) < 4.78 is 4.96. The molecule has 0 atom stereocenters. The number of ketones is 1. The number of thioether (sulfide) groups is 2. The lowest BCUT2D eigenvalue weighted by Gasteiger charge is -2.23. The van der Waals surface area contributed by atoms with E-state index in [-0.39, 0.29) is 18.2 Å². The second-order valence-electron chi connectivity index (χ2n) is 10.1. The second kappa shape index (κ2) is 18.5. The molecular formula is C36H42N4O4S2. The molecule has 0 aliphatic carbocycles. The number of esters is 1. The first-order chi connectivity index (χ1) is 22.0. The van der Waals surface area contributed by atoms with Gasteiger partial charge in [0.1, 0.15) is 16.5 Å². The van der Waals surface area contributed by atoms with E-state index in [9.17, 15) is 14.4 Å². The molecule has 242 valence electrons. The van der Waals surface area contributed by atoms with Crippen molar-refractivity contribution < 1.29 is 19.1 Å². The number of hydrogen-bond donors (Lipinski definition) is 1. The van der Waals surface area contributed by atoms with E-state index in [2.05, 4.69) is 38.1 Å². The molecule has 1 N–H and O–H groups in total. The number of carbonyl (C=O) groups is 3. The topological polar surface area (TPSA) is 91.3 Å². The van der Waals surface area contributed by atoms with Gasteiger partial charge in [-0.15, -0.1) is 12.8 Å². The summed E-state index contributed by atoms with van der Waals surface area (Å²) in [6.07, 6.45) is 14.1. The summed E-state index contributed by atoms with van der Waals surface area (Å²) in [6.45, 7) is 12.3. The van der Waals surface area contributed by atoms with Crippen molar-refractivity contribution in [3.63, 3.8) is 0 Å². The predicted molar refractivity (Wildman–Crippen MR) is 195 cm³/mol. The van der Waals surface area contributed by atoms with Gasteiger partial charge in [0, 0.05) is 24.1 Å². The normalized spacial score (nSPS) is 16.6. The van der Waals surface area contributed by atoms with Gasteiger partial charge in [0.25, 0.3) is 5.91 Å². The third-order valence-corrected chi connectivity index (χ3v) is 8.81. The average Bonchev–Trinajstić information content (AvgIpc) is 3.52. The summed E-state index contributed by atoms with van der Waals surface area (Å²) in [5.41, 5.74) is 5.05. The first-order valence-corrected chi connectivity index (χ1v) is 16.2. The number of nitrogens with one attached hydrogen (secondary N) is 1. The van der Waals surface area contributed by atoms with Crippen molar-refractivity contribution in [3.05, 3.63) is 98.3 Å². The first kappa shape index (κ1) is 37.7. The Hall–Kier alpha value is -4.46. The van der Waals surface area contributed by atoms with Crippen molar-refractivity contribution in [3.8, 4) is 12.8 Å². The highest BCUT2D eigenvalue weighted by atomic mass is 32.2. The van der Waals surface area contributed by atoms with Crippen LogP contribution in [0.5, 0.6) is 0 Å². The van der Waals surface area contributed by atoms with Crippen molar-refractivity contribution >= 4 is 63.4 Å². The number of nitrogens with zero attached hydrogens (tertiary/aromatic N) is 3. The Morgan fingerprint density at radius 3 is 2.28 bits per heavy atom. The van der Waals surface area contributed by atoms with Crippen LogP contribution in [0.25, 0.3) is 5.70 Å². The molecule has 0 bridgehead atoms. The molecule has 2 aromatic rings. The van der Waals surface area contributed by atoms with Gasteiger partial charge in [0.15, 0.2) is 11.0 Å². The molecule has 1 saturated heterocycles. The number of carbonyl (C=O) groups excluding carboxylic acids is 3. The van der Waals surface area contributed by atoms with Crippen LogP contribution in [0, 0.1) is 12.8 Å². The predicted octanol–water partition coefficient (Wildman–Crippen LogP) is 8.07. The number of benzene rings is 2. The Labute approximate surface area is 281 Å². The number of allylic oxidation sites excluding steroid dienone is 5. The van der Waals surface area contributed by atoms with E-state index in [0.717, 1.165) is 21.9 Å². The molecule has 2 aliphatic heterocycles. The number of amidine groups is 1. The van der Waals surface area contributed by atoms with Gasteiger partial charge in [-0.2, -0.15) is 0 Å². The van der Waals surface area contributed by atoms with Gasteiger partial charge in [-0.1, -0.05) is 65.9 Å². The number of methoxy groups -OCH3 is 1. The number of anilines is 1. The molecule has 1 fully saturated rings. The molecule has 46 heavy (non-hydrogen) atoms. The van der Waals surface area contributed by atoms with Crippen molar-refractivity contribution in [1.29, 1.82) is 0 Å². The molecule has 8 nitrogen and oxygen atoms in total. The van der Waals surface area contributed by atoms with Gasteiger partial charge < -0.3 is 15.0 Å². The molecule has 0 unspecified atom stereocenters. The standard InChI is InChI=1S/C27H28N4O4S2.C7H12.C2H2/c1-6-28-20-13-12-19(16(2)32)14-21(20)29-27-30(4)25(34)24(37-27)26-31(15-22(33)35-5)23(17(3)36-26)18-10-8-7-9-11-18;1-4-5-6-7(2)3;1-2/h7-14,28H,6,15H2,1-5H3;4-6H,1-3H3;1-2H/b26-24-,29-27?;5-4-;. The number of rotatable bonds is 8. The van der Waals surface area contributed by atoms with E-state index in [1.807, 2.05) is 74.2 Å². The van der Waals surface area contributed by atoms with E-state index < -0.39 is 5.97 Å². The average molecular weight is 659 g/mol. The minimum absolute atomic E-state index is 0.0286. The highest BCUT2D eigenvalue weighted by Crippen LogP contribution is 2.50. The smallest absolute Gasteiger partial charge is 0.325 e. The van der Waals surface area contributed by atoms with Crippen LogP contribution in [0.3, 0.4) is 0 Å². The Bertz CT molecular complexity index is 1600. The number of terminal acetylenes is 1.